The van der Waals surface area contributed by atoms with Gasteiger partial charge in [0.15, 0.2) is 17.3 Å². The SMILES string of the molecule is C[C@@H]1C[C@H](N2C(=N)N[C@](C)(c3cccc(NC(=O)c4nccn5ccnc45)c3Cl)CC2=O)CCO1. The monoisotopic (exact) mass is 495 g/mol. The fraction of sp³-hybridized carbons (Fsp3) is 0.375. The summed E-state index contributed by atoms with van der Waals surface area (Å²) in [5.74, 6) is -0.550. The Bertz CT molecular complexity index is 1310. The van der Waals surface area contributed by atoms with Crippen LogP contribution in [-0.4, -0.2) is 55.8 Å². The van der Waals surface area contributed by atoms with Gasteiger partial charge in [-0.3, -0.25) is 19.9 Å². The molecular weight excluding hydrogens is 470 g/mol. The Kier molecular flexibility index (Phi) is 5.94. The van der Waals surface area contributed by atoms with Crippen molar-refractivity contribution >= 4 is 40.7 Å². The van der Waals surface area contributed by atoms with Gasteiger partial charge in [-0.2, -0.15) is 0 Å². The van der Waals surface area contributed by atoms with Crippen LogP contribution in [0.3, 0.4) is 0 Å². The summed E-state index contributed by atoms with van der Waals surface area (Å²) in [6.07, 6.45) is 8.09. The molecule has 11 heteroatoms. The molecule has 1 aromatic carbocycles. The summed E-state index contributed by atoms with van der Waals surface area (Å²) in [6, 6.07) is 5.17. The standard InChI is InChI=1S/C24H26ClN7O3/c1-14-12-15(6-11-35-14)32-18(33)13-24(2,30-23(32)26)16-4-3-5-17(19(16)25)29-22(34)20-21-28-8-10-31(21)9-7-27-20/h3-5,7-10,14-15H,6,11-13H2,1-2H3,(H2,26,30)(H,29,34)/t14-,15-,24+/m1/s1. The van der Waals surface area contributed by atoms with Crippen molar-refractivity contribution in [1.82, 2.24) is 24.6 Å². The number of benzene rings is 1. The van der Waals surface area contributed by atoms with Crippen LogP contribution < -0.4 is 10.6 Å². The third kappa shape index (κ3) is 4.23. The maximum Gasteiger partial charge on any atom is 0.278 e. The predicted molar refractivity (Wildman–Crippen MR) is 131 cm³/mol. The number of hydrogen-bond donors (Lipinski definition) is 3. The average Bonchev–Trinajstić information content (AvgIpc) is 3.29. The van der Waals surface area contributed by atoms with E-state index in [9.17, 15) is 9.59 Å². The Hall–Kier alpha value is -3.50. The number of hydrogen-bond acceptors (Lipinski definition) is 6. The summed E-state index contributed by atoms with van der Waals surface area (Å²) < 4.78 is 7.30. The summed E-state index contributed by atoms with van der Waals surface area (Å²) in [5, 5.41) is 14.9. The lowest BCUT2D eigenvalue weighted by atomic mass is 9.85. The van der Waals surface area contributed by atoms with Crippen molar-refractivity contribution in [1.29, 1.82) is 5.41 Å². The number of amides is 2. The zero-order valence-electron chi connectivity index (χ0n) is 19.4. The molecule has 2 aliphatic heterocycles. The number of rotatable bonds is 4. The van der Waals surface area contributed by atoms with Crippen molar-refractivity contribution in [2.24, 2.45) is 0 Å². The van der Waals surface area contributed by atoms with E-state index in [4.69, 9.17) is 21.7 Å². The van der Waals surface area contributed by atoms with Gasteiger partial charge in [0.05, 0.1) is 28.8 Å². The van der Waals surface area contributed by atoms with E-state index in [2.05, 4.69) is 20.6 Å². The number of aromatic nitrogens is 3. The largest absolute Gasteiger partial charge is 0.378 e. The van der Waals surface area contributed by atoms with E-state index in [1.165, 1.54) is 11.1 Å². The minimum Gasteiger partial charge on any atom is -0.378 e. The molecule has 0 aliphatic carbocycles. The highest BCUT2D eigenvalue weighted by Gasteiger charge is 2.43. The number of nitrogens with one attached hydrogen (secondary N) is 3. The molecule has 3 aromatic rings. The van der Waals surface area contributed by atoms with E-state index >= 15 is 0 Å². The first-order chi connectivity index (χ1) is 16.8. The number of imidazole rings is 1. The summed E-state index contributed by atoms with van der Waals surface area (Å²) in [6.45, 7) is 4.38. The molecule has 2 saturated heterocycles. The molecule has 0 saturated carbocycles. The molecule has 0 radical (unpaired) electrons. The van der Waals surface area contributed by atoms with Crippen molar-refractivity contribution in [3.8, 4) is 0 Å². The number of guanidine groups is 1. The van der Waals surface area contributed by atoms with Crippen LogP contribution in [0.1, 0.15) is 49.2 Å². The van der Waals surface area contributed by atoms with Gasteiger partial charge in [-0.25, -0.2) is 9.97 Å². The Morgan fingerprint density at radius 3 is 2.83 bits per heavy atom. The molecular formula is C24H26ClN7O3. The van der Waals surface area contributed by atoms with E-state index < -0.39 is 11.4 Å². The van der Waals surface area contributed by atoms with Crippen molar-refractivity contribution in [2.45, 2.75) is 50.8 Å². The maximum atomic E-state index is 13.2. The first-order valence-corrected chi connectivity index (χ1v) is 11.8. The second-order valence-electron chi connectivity index (χ2n) is 9.16. The molecule has 0 unspecified atom stereocenters. The van der Waals surface area contributed by atoms with Crippen LogP contribution in [0, 0.1) is 5.41 Å². The summed E-state index contributed by atoms with van der Waals surface area (Å²) in [5.41, 5.74) is 0.675. The topological polar surface area (TPSA) is 125 Å². The van der Waals surface area contributed by atoms with Crippen LogP contribution in [0.25, 0.3) is 5.65 Å². The fourth-order valence-corrected chi connectivity index (χ4v) is 5.27. The third-order valence-corrected chi connectivity index (χ3v) is 7.01. The van der Waals surface area contributed by atoms with Gasteiger partial charge < -0.3 is 19.8 Å². The lowest BCUT2D eigenvalue weighted by Gasteiger charge is -2.45. The highest BCUT2D eigenvalue weighted by atomic mass is 35.5. The average molecular weight is 496 g/mol. The lowest BCUT2D eigenvalue weighted by Crippen LogP contribution is -2.63. The van der Waals surface area contributed by atoms with Crippen molar-refractivity contribution in [3.05, 3.63) is 59.3 Å². The number of carbonyl (C=O) groups excluding carboxylic acids is 2. The molecule has 0 spiro atoms. The molecule has 4 heterocycles. The highest BCUT2D eigenvalue weighted by molar-refractivity contribution is 6.35. The van der Waals surface area contributed by atoms with Crippen LogP contribution >= 0.6 is 11.6 Å². The maximum absolute atomic E-state index is 13.2. The molecule has 35 heavy (non-hydrogen) atoms. The molecule has 2 fully saturated rings. The van der Waals surface area contributed by atoms with Gasteiger partial charge in [0.1, 0.15) is 0 Å². The van der Waals surface area contributed by atoms with Crippen LogP contribution in [0.2, 0.25) is 5.02 Å². The molecule has 3 atom stereocenters. The van der Waals surface area contributed by atoms with E-state index in [0.29, 0.717) is 41.4 Å². The van der Waals surface area contributed by atoms with Gasteiger partial charge in [-0.1, -0.05) is 23.7 Å². The van der Waals surface area contributed by atoms with Crippen LogP contribution in [0.15, 0.2) is 43.0 Å². The first-order valence-electron chi connectivity index (χ1n) is 11.5. The second-order valence-corrected chi connectivity index (χ2v) is 9.54. The van der Waals surface area contributed by atoms with Crippen LogP contribution in [-0.2, 0) is 15.1 Å². The van der Waals surface area contributed by atoms with E-state index in [1.54, 1.807) is 41.2 Å². The Morgan fingerprint density at radius 1 is 1.31 bits per heavy atom. The van der Waals surface area contributed by atoms with Gasteiger partial charge in [0.25, 0.3) is 5.91 Å². The van der Waals surface area contributed by atoms with Crippen molar-refractivity contribution in [3.63, 3.8) is 0 Å². The molecule has 0 bridgehead atoms. The van der Waals surface area contributed by atoms with Gasteiger partial charge in [-0.15, -0.1) is 0 Å². The normalized spacial score (nSPS) is 24.9. The zero-order chi connectivity index (χ0) is 24.7. The van der Waals surface area contributed by atoms with Gasteiger partial charge in [0.2, 0.25) is 5.91 Å². The number of ether oxygens (including phenoxy) is 1. The quantitative estimate of drug-likeness (QED) is 0.510. The molecule has 2 amide bonds. The smallest absolute Gasteiger partial charge is 0.278 e. The highest BCUT2D eigenvalue weighted by Crippen LogP contribution is 2.38. The number of fused-ring (bicyclic) bond motifs is 1. The number of nitrogens with zero attached hydrogens (tertiary/aromatic N) is 4. The molecule has 2 aliphatic rings. The first kappa shape index (κ1) is 23.3. The van der Waals surface area contributed by atoms with Gasteiger partial charge in [0, 0.05) is 37.4 Å². The Balaban J connectivity index is 1.39. The summed E-state index contributed by atoms with van der Waals surface area (Å²) >= 11 is 6.75. The fourth-order valence-electron chi connectivity index (χ4n) is 4.89. The molecule has 2 aromatic heterocycles. The molecule has 3 N–H and O–H groups in total. The summed E-state index contributed by atoms with van der Waals surface area (Å²) in [4.78, 5) is 36.1. The number of halogens is 1. The van der Waals surface area contributed by atoms with Crippen LogP contribution in [0.4, 0.5) is 5.69 Å². The molecule has 182 valence electrons. The third-order valence-electron chi connectivity index (χ3n) is 6.60. The zero-order valence-corrected chi connectivity index (χ0v) is 20.2. The van der Waals surface area contributed by atoms with E-state index in [-0.39, 0.29) is 36.1 Å². The van der Waals surface area contributed by atoms with Crippen molar-refractivity contribution < 1.29 is 14.3 Å². The lowest BCUT2D eigenvalue weighted by molar-refractivity contribution is -0.134. The molecule has 10 nitrogen and oxygen atoms in total. The van der Waals surface area contributed by atoms with Gasteiger partial charge >= 0.3 is 0 Å². The minimum absolute atomic E-state index is 0.0414. The minimum atomic E-state index is -0.916. The number of carbonyl (C=O) groups is 2. The Morgan fingerprint density at radius 2 is 2.09 bits per heavy atom. The van der Waals surface area contributed by atoms with Gasteiger partial charge in [-0.05, 0) is 38.3 Å². The van der Waals surface area contributed by atoms with E-state index in [1.807, 2.05) is 13.8 Å². The summed E-state index contributed by atoms with van der Waals surface area (Å²) in [7, 11) is 0. The van der Waals surface area contributed by atoms with E-state index in [0.717, 1.165) is 0 Å². The Labute approximate surface area is 207 Å². The van der Waals surface area contributed by atoms with Crippen LogP contribution in [0.5, 0.6) is 0 Å². The predicted octanol–water partition coefficient (Wildman–Crippen LogP) is 3.17. The van der Waals surface area contributed by atoms with Crippen molar-refractivity contribution in [2.75, 3.05) is 11.9 Å². The second kappa shape index (κ2) is 8.94. The number of anilines is 1. The molecule has 5 rings (SSSR count).